The van der Waals surface area contributed by atoms with E-state index in [-0.39, 0.29) is 16.5 Å². The van der Waals surface area contributed by atoms with Crippen LogP contribution in [-0.2, 0) is 9.59 Å². The van der Waals surface area contributed by atoms with Crippen LogP contribution in [0.3, 0.4) is 0 Å². The molecule has 25 heavy (non-hydrogen) atoms. The number of amides is 2. The van der Waals surface area contributed by atoms with Gasteiger partial charge in [-0.15, -0.1) is 0 Å². The van der Waals surface area contributed by atoms with Crippen molar-refractivity contribution in [3.8, 4) is 11.5 Å². The Morgan fingerprint density at radius 3 is 2.60 bits per heavy atom. The predicted molar refractivity (Wildman–Crippen MR) is 95.5 cm³/mol. The lowest BCUT2D eigenvalue weighted by atomic mass is 10.2. The molecule has 0 bridgehead atoms. The zero-order valence-electron chi connectivity index (χ0n) is 12.9. The van der Waals surface area contributed by atoms with Crippen molar-refractivity contribution in [2.45, 2.75) is 0 Å². The Kier molecular flexibility index (Phi) is 6.21. The lowest BCUT2D eigenvalue weighted by Crippen LogP contribution is -2.32. The maximum Gasteiger partial charge on any atom is 0.329 e. The molecule has 2 amide bonds. The fourth-order valence-electron chi connectivity index (χ4n) is 1.78. The minimum absolute atomic E-state index is 0.136. The molecule has 2 aromatic carbocycles. The zero-order chi connectivity index (χ0) is 18.4. The van der Waals surface area contributed by atoms with E-state index in [2.05, 4.69) is 10.4 Å². The van der Waals surface area contributed by atoms with E-state index in [1.807, 2.05) is 5.43 Å². The summed E-state index contributed by atoms with van der Waals surface area (Å²) < 4.78 is 4.95. The number of methoxy groups -OCH3 is 1. The van der Waals surface area contributed by atoms with Gasteiger partial charge in [0.15, 0.2) is 11.5 Å². The van der Waals surface area contributed by atoms with Crippen LogP contribution in [0.15, 0.2) is 41.5 Å². The van der Waals surface area contributed by atoms with Gasteiger partial charge in [0, 0.05) is 11.3 Å². The van der Waals surface area contributed by atoms with E-state index < -0.39 is 11.8 Å². The Bertz CT molecular complexity index is 840. The van der Waals surface area contributed by atoms with Crippen molar-refractivity contribution in [1.82, 2.24) is 5.43 Å². The first-order valence-electron chi connectivity index (χ1n) is 6.87. The van der Waals surface area contributed by atoms with Crippen LogP contribution in [0, 0.1) is 0 Å². The van der Waals surface area contributed by atoms with Crippen molar-refractivity contribution in [2.75, 3.05) is 12.4 Å². The molecule has 3 N–H and O–H groups in total. The van der Waals surface area contributed by atoms with Crippen LogP contribution < -0.4 is 15.5 Å². The van der Waals surface area contributed by atoms with Crippen LogP contribution in [0.1, 0.15) is 5.56 Å². The van der Waals surface area contributed by atoms with Gasteiger partial charge in [0.2, 0.25) is 0 Å². The number of phenolic OH excluding ortho intramolecular Hbond substituents is 1. The minimum atomic E-state index is -0.996. The van der Waals surface area contributed by atoms with Crippen LogP contribution >= 0.6 is 23.2 Å². The van der Waals surface area contributed by atoms with Gasteiger partial charge in [0.05, 0.1) is 23.4 Å². The SMILES string of the molecule is COc1cccc(/C=N/NC(=O)C(=O)Nc2ccc(Cl)c(Cl)c2)c1O. The molecular formula is C16H13Cl2N3O4. The number of benzene rings is 2. The molecule has 0 saturated heterocycles. The summed E-state index contributed by atoms with van der Waals surface area (Å²) in [5.74, 6) is -1.81. The molecular weight excluding hydrogens is 369 g/mol. The van der Waals surface area contributed by atoms with E-state index in [1.54, 1.807) is 18.2 Å². The van der Waals surface area contributed by atoms with E-state index >= 15 is 0 Å². The third kappa shape index (κ3) is 4.85. The molecule has 2 rings (SSSR count). The van der Waals surface area contributed by atoms with Crippen LogP contribution in [-0.4, -0.2) is 30.2 Å². The summed E-state index contributed by atoms with van der Waals surface area (Å²) in [5.41, 5.74) is 2.67. The normalized spacial score (nSPS) is 10.5. The third-order valence-electron chi connectivity index (χ3n) is 3.00. The second-order valence-electron chi connectivity index (χ2n) is 4.68. The van der Waals surface area contributed by atoms with Gasteiger partial charge in [0.1, 0.15) is 0 Å². The van der Waals surface area contributed by atoms with Crippen molar-refractivity contribution in [1.29, 1.82) is 0 Å². The molecule has 0 aromatic heterocycles. The second-order valence-corrected chi connectivity index (χ2v) is 5.49. The van der Waals surface area contributed by atoms with Gasteiger partial charge < -0.3 is 15.2 Å². The number of aromatic hydroxyl groups is 1. The highest BCUT2D eigenvalue weighted by atomic mass is 35.5. The number of carbonyl (C=O) groups is 2. The molecule has 0 spiro atoms. The van der Waals surface area contributed by atoms with Gasteiger partial charge in [-0.25, -0.2) is 5.43 Å². The Hall–Kier alpha value is -2.77. The molecule has 0 atom stereocenters. The van der Waals surface area contributed by atoms with Crippen LogP contribution in [0.4, 0.5) is 5.69 Å². The number of anilines is 1. The summed E-state index contributed by atoms with van der Waals surface area (Å²) in [6, 6.07) is 9.16. The second kappa shape index (κ2) is 8.36. The molecule has 0 heterocycles. The standard InChI is InChI=1S/C16H13Cl2N3O4/c1-25-13-4-2-3-9(14(13)22)8-19-21-16(24)15(23)20-10-5-6-11(17)12(18)7-10/h2-8,22H,1H3,(H,20,23)(H,21,24)/b19-8+. The summed E-state index contributed by atoms with van der Waals surface area (Å²) >= 11 is 11.6. The summed E-state index contributed by atoms with van der Waals surface area (Å²) in [4.78, 5) is 23.5. The number of para-hydroxylation sites is 1. The quantitative estimate of drug-likeness (QED) is 0.430. The number of halogens is 2. The first-order valence-corrected chi connectivity index (χ1v) is 7.63. The number of nitrogens with one attached hydrogen (secondary N) is 2. The van der Waals surface area contributed by atoms with Crippen LogP contribution in [0.5, 0.6) is 11.5 Å². The molecule has 0 aliphatic heterocycles. The largest absolute Gasteiger partial charge is 0.504 e. The summed E-state index contributed by atoms with van der Waals surface area (Å²) in [6.45, 7) is 0. The molecule has 2 aromatic rings. The van der Waals surface area contributed by atoms with Crippen molar-refractivity contribution in [2.24, 2.45) is 5.10 Å². The highest BCUT2D eigenvalue weighted by Crippen LogP contribution is 2.28. The smallest absolute Gasteiger partial charge is 0.329 e. The summed E-state index contributed by atoms with van der Waals surface area (Å²) in [6.07, 6.45) is 1.18. The van der Waals surface area contributed by atoms with Gasteiger partial charge >= 0.3 is 11.8 Å². The topological polar surface area (TPSA) is 100 Å². The Morgan fingerprint density at radius 1 is 1.16 bits per heavy atom. The fraction of sp³-hybridized carbons (Fsp3) is 0.0625. The zero-order valence-corrected chi connectivity index (χ0v) is 14.4. The molecule has 7 nitrogen and oxygen atoms in total. The number of nitrogens with zero attached hydrogens (tertiary/aromatic N) is 1. The van der Waals surface area contributed by atoms with E-state index in [9.17, 15) is 14.7 Å². The summed E-state index contributed by atoms with van der Waals surface area (Å²) in [5, 5.41) is 16.4. The minimum Gasteiger partial charge on any atom is -0.504 e. The van der Waals surface area contributed by atoms with Gasteiger partial charge in [-0.05, 0) is 30.3 Å². The van der Waals surface area contributed by atoms with E-state index in [4.69, 9.17) is 27.9 Å². The van der Waals surface area contributed by atoms with E-state index in [0.29, 0.717) is 16.3 Å². The lowest BCUT2D eigenvalue weighted by Gasteiger charge is -2.06. The van der Waals surface area contributed by atoms with Gasteiger partial charge in [0.25, 0.3) is 0 Å². The van der Waals surface area contributed by atoms with Gasteiger partial charge in [-0.2, -0.15) is 5.10 Å². The van der Waals surface area contributed by atoms with Crippen molar-refractivity contribution in [3.63, 3.8) is 0 Å². The van der Waals surface area contributed by atoms with E-state index in [0.717, 1.165) is 0 Å². The molecule has 0 aliphatic carbocycles. The first kappa shape index (κ1) is 18.6. The molecule has 0 aliphatic rings. The number of hydrazone groups is 1. The van der Waals surface area contributed by atoms with Crippen molar-refractivity contribution in [3.05, 3.63) is 52.0 Å². The van der Waals surface area contributed by atoms with Gasteiger partial charge in [-0.1, -0.05) is 29.3 Å². The lowest BCUT2D eigenvalue weighted by molar-refractivity contribution is -0.136. The summed E-state index contributed by atoms with van der Waals surface area (Å²) in [7, 11) is 1.41. The molecule has 0 unspecified atom stereocenters. The van der Waals surface area contributed by atoms with Gasteiger partial charge in [-0.3, -0.25) is 9.59 Å². The first-order chi connectivity index (χ1) is 11.9. The third-order valence-corrected chi connectivity index (χ3v) is 3.74. The molecule has 130 valence electrons. The highest BCUT2D eigenvalue weighted by molar-refractivity contribution is 6.42. The number of hydrogen-bond donors (Lipinski definition) is 3. The van der Waals surface area contributed by atoms with Crippen molar-refractivity contribution >= 4 is 46.9 Å². The highest BCUT2D eigenvalue weighted by Gasteiger charge is 2.13. The monoisotopic (exact) mass is 381 g/mol. The molecule has 9 heteroatoms. The molecule has 0 saturated carbocycles. The maximum atomic E-state index is 11.8. The maximum absolute atomic E-state index is 11.8. The Balaban J connectivity index is 1.97. The van der Waals surface area contributed by atoms with Crippen LogP contribution in [0.25, 0.3) is 0 Å². The number of phenols is 1. The predicted octanol–water partition coefficient (Wildman–Crippen LogP) is 2.80. The number of rotatable bonds is 4. The molecule has 0 radical (unpaired) electrons. The van der Waals surface area contributed by atoms with Crippen LogP contribution in [0.2, 0.25) is 10.0 Å². The Labute approximate surface area is 153 Å². The number of ether oxygens (including phenoxy) is 1. The average Bonchev–Trinajstić information content (AvgIpc) is 2.59. The number of hydrogen-bond acceptors (Lipinski definition) is 5. The fourth-order valence-corrected chi connectivity index (χ4v) is 2.08. The Morgan fingerprint density at radius 2 is 1.92 bits per heavy atom. The van der Waals surface area contributed by atoms with E-state index in [1.165, 1.54) is 31.5 Å². The average molecular weight is 382 g/mol. The number of carbonyl (C=O) groups excluding carboxylic acids is 2. The van der Waals surface area contributed by atoms with Crippen molar-refractivity contribution < 1.29 is 19.4 Å². The molecule has 0 fully saturated rings.